The average molecular weight is 407 g/mol. The Morgan fingerprint density at radius 3 is 2.90 bits per heavy atom. The number of thiazole rings is 1. The second-order valence-electron chi connectivity index (χ2n) is 7.00. The maximum absolute atomic E-state index is 12.5. The predicted octanol–water partition coefficient (Wildman–Crippen LogP) is 3.51. The first-order valence-electron chi connectivity index (χ1n) is 9.69. The van der Waals surface area contributed by atoms with Crippen molar-refractivity contribution in [3.05, 3.63) is 48.8 Å². The van der Waals surface area contributed by atoms with Crippen LogP contribution in [0, 0.1) is 0 Å². The first-order chi connectivity index (χ1) is 14.3. The number of fused-ring (bicyclic) bond motifs is 2. The van der Waals surface area contributed by atoms with Crippen molar-refractivity contribution >= 4 is 49.3 Å². The zero-order chi connectivity index (χ0) is 19.6. The Kier molecular flexibility index (Phi) is 4.87. The molecule has 1 N–H and O–H groups in total. The first-order valence-corrected chi connectivity index (χ1v) is 10.5. The fourth-order valence-electron chi connectivity index (χ4n) is 3.51. The van der Waals surface area contributed by atoms with Gasteiger partial charge in [0, 0.05) is 31.7 Å². The summed E-state index contributed by atoms with van der Waals surface area (Å²) in [6, 6.07) is 13.8. The summed E-state index contributed by atoms with van der Waals surface area (Å²) in [5.41, 5.74) is 3.75. The number of carbonyl (C=O) groups is 1. The van der Waals surface area contributed by atoms with Crippen LogP contribution in [0.4, 0.5) is 10.8 Å². The highest BCUT2D eigenvalue weighted by Gasteiger charge is 2.16. The molecule has 2 aromatic carbocycles. The molecule has 3 heterocycles. The lowest BCUT2D eigenvalue weighted by Gasteiger charge is -2.25. The van der Waals surface area contributed by atoms with Crippen molar-refractivity contribution in [2.45, 2.75) is 13.0 Å². The van der Waals surface area contributed by atoms with Crippen molar-refractivity contribution in [1.82, 2.24) is 14.5 Å². The maximum atomic E-state index is 12.5. The Balaban J connectivity index is 1.25. The Hall–Kier alpha value is -2.97. The minimum Gasteiger partial charge on any atom is -0.378 e. The van der Waals surface area contributed by atoms with E-state index in [2.05, 4.69) is 15.2 Å². The number of imidazole rings is 1. The number of nitrogens with zero attached hydrogens (tertiary/aromatic N) is 4. The average Bonchev–Trinajstić information content (AvgIpc) is 3.37. The molecule has 7 nitrogen and oxygen atoms in total. The number of hydrogen-bond acceptors (Lipinski definition) is 6. The molecule has 1 aliphatic rings. The van der Waals surface area contributed by atoms with Gasteiger partial charge in [0.2, 0.25) is 5.91 Å². The molecule has 1 amide bonds. The largest absolute Gasteiger partial charge is 0.378 e. The monoisotopic (exact) mass is 407 g/mol. The molecule has 0 saturated carbocycles. The molecule has 5 rings (SSSR count). The van der Waals surface area contributed by atoms with Crippen LogP contribution in [0.1, 0.15) is 6.42 Å². The van der Waals surface area contributed by atoms with Gasteiger partial charge in [-0.25, -0.2) is 9.97 Å². The van der Waals surface area contributed by atoms with Crippen molar-refractivity contribution in [2.24, 2.45) is 0 Å². The molecule has 2 aromatic heterocycles. The Bertz CT molecular complexity index is 1160. The predicted molar refractivity (Wildman–Crippen MR) is 116 cm³/mol. The van der Waals surface area contributed by atoms with Gasteiger partial charge >= 0.3 is 0 Å². The number of aromatic nitrogens is 3. The molecule has 0 spiro atoms. The summed E-state index contributed by atoms with van der Waals surface area (Å²) in [4.78, 5) is 23.8. The number of ether oxygens (including phenoxy) is 1. The summed E-state index contributed by atoms with van der Waals surface area (Å²) in [7, 11) is 0. The van der Waals surface area contributed by atoms with Gasteiger partial charge in [-0.15, -0.1) is 0 Å². The van der Waals surface area contributed by atoms with Crippen molar-refractivity contribution in [3.63, 3.8) is 0 Å². The Morgan fingerprint density at radius 2 is 2.00 bits per heavy atom. The molecular weight excluding hydrogens is 386 g/mol. The summed E-state index contributed by atoms with van der Waals surface area (Å²) in [5, 5.41) is 4.02. The number of amides is 1. The molecule has 29 heavy (non-hydrogen) atoms. The minimum absolute atomic E-state index is 0.0138. The first kappa shape index (κ1) is 18.1. The van der Waals surface area contributed by atoms with E-state index in [1.54, 1.807) is 17.7 Å². The molecule has 0 unspecified atom stereocenters. The number of benzene rings is 2. The summed E-state index contributed by atoms with van der Waals surface area (Å²) in [6.45, 7) is 3.81. The van der Waals surface area contributed by atoms with Crippen LogP contribution in [0.5, 0.6) is 0 Å². The zero-order valence-corrected chi connectivity index (χ0v) is 16.7. The maximum Gasteiger partial charge on any atom is 0.226 e. The molecule has 8 heteroatoms. The lowest BCUT2D eigenvalue weighted by atomic mass is 10.2. The van der Waals surface area contributed by atoms with E-state index < -0.39 is 0 Å². The second kappa shape index (κ2) is 7.81. The highest BCUT2D eigenvalue weighted by molar-refractivity contribution is 7.22. The van der Waals surface area contributed by atoms with Crippen LogP contribution >= 0.6 is 11.3 Å². The van der Waals surface area contributed by atoms with E-state index in [9.17, 15) is 4.79 Å². The lowest BCUT2D eigenvalue weighted by molar-refractivity contribution is -0.116. The van der Waals surface area contributed by atoms with Crippen LogP contribution < -0.4 is 10.2 Å². The number of morpholine rings is 1. The lowest BCUT2D eigenvalue weighted by Crippen LogP contribution is -2.36. The molecule has 0 aliphatic carbocycles. The molecule has 148 valence electrons. The van der Waals surface area contributed by atoms with Gasteiger partial charge in [0.05, 0.1) is 40.8 Å². The fraction of sp³-hybridized carbons (Fsp3) is 0.286. The van der Waals surface area contributed by atoms with Crippen molar-refractivity contribution in [2.75, 3.05) is 36.5 Å². The van der Waals surface area contributed by atoms with Crippen LogP contribution in [0.3, 0.4) is 0 Å². The van der Waals surface area contributed by atoms with E-state index in [1.807, 2.05) is 47.0 Å². The van der Waals surface area contributed by atoms with Gasteiger partial charge < -0.3 is 19.5 Å². The number of aryl methyl sites for hydroxylation is 1. The highest BCUT2D eigenvalue weighted by Crippen LogP contribution is 2.31. The third-order valence-corrected chi connectivity index (χ3v) is 6.13. The zero-order valence-electron chi connectivity index (χ0n) is 15.9. The van der Waals surface area contributed by atoms with E-state index in [-0.39, 0.29) is 5.91 Å². The fourth-order valence-corrected chi connectivity index (χ4v) is 4.57. The summed E-state index contributed by atoms with van der Waals surface area (Å²) < 4.78 is 8.50. The third kappa shape index (κ3) is 3.81. The van der Waals surface area contributed by atoms with Crippen molar-refractivity contribution in [1.29, 1.82) is 0 Å². The minimum atomic E-state index is -0.0138. The van der Waals surface area contributed by atoms with Crippen molar-refractivity contribution in [3.8, 4) is 0 Å². The molecular formula is C21H21N5O2S. The normalized spacial score (nSPS) is 14.6. The molecule has 4 aromatic rings. The van der Waals surface area contributed by atoms with Crippen LogP contribution in [0.25, 0.3) is 21.3 Å². The van der Waals surface area contributed by atoms with Crippen LogP contribution in [-0.2, 0) is 16.1 Å². The smallest absolute Gasteiger partial charge is 0.226 e. The summed E-state index contributed by atoms with van der Waals surface area (Å²) in [6.07, 6.45) is 2.18. The van der Waals surface area contributed by atoms with E-state index >= 15 is 0 Å². The van der Waals surface area contributed by atoms with Gasteiger partial charge in [0.1, 0.15) is 0 Å². The van der Waals surface area contributed by atoms with Crippen LogP contribution in [0.2, 0.25) is 0 Å². The SMILES string of the molecule is O=C(CCn1cnc2ccccc21)Nc1ccc2nc(N3CCOCC3)sc2c1. The quantitative estimate of drug-likeness (QED) is 0.548. The Morgan fingerprint density at radius 1 is 1.14 bits per heavy atom. The third-order valence-electron chi connectivity index (χ3n) is 5.05. The van der Waals surface area contributed by atoms with Crippen molar-refractivity contribution < 1.29 is 9.53 Å². The van der Waals surface area contributed by atoms with E-state index in [0.717, 1.165) is 58.4 Å². The summed E-state index contributed by atoms with van der Waals surface area (Å²) >= 11 is 1.65. The van der Waals surface area contributed by atoms with Crippen LogP contribution in [-0.4, -0.2) is 46.7 Å². The van der Waals surface area contributed by atoms with Gasteiger partial charge in [0.15, 0.2) is 5.13 Å². The van der Waals surface area contributed by atoms with Gasteiger partial charge in [-0.2, -0.15) is 0 Å². The second-order valence-corrected chi connectivity index (χ2v) is 8.01. The molecule has 0 radical (unpaired) electrons. The van der Waals surface area contributed by atoms with E-state index in [4.69, 9.17) is 9.72 Å². The van der Waals surface area contributed by atoms with Gasteiger partial charge in [-0.05, 0) is 30.3 Å². The van der Waals surface area contributed by atoms with Crippen LogP contribution in [0.15, 0.2) is 48.8 Å². The number of carbonyl (C=O) groups excluding carboxylic acids is 1. The molecule has 0 bridgehead atoms. The standard InChI is InChI=1S/C21H21N5O2S/c27-20(7-8-26-14-22-16-3-1-2-4-18(16)26)23-15-5-6-17-19(13-15)29-21(24-17)25-9-11-28-12-10-25/h1-6,13-14H,7-12H2,(H,23,27). The number of hydrogen-bond donors (Lipinski definition) is 1. The van der Waals surface area contributed by atoms with E-state index in [0.29, 0.717) is 13.0 Å². The van der Waals surface area contributed by atoms with E-state index in [1.165, 1.54) is 0 Å². The number of nitrogens with one attached hydrogen (secondary N) is 1. The Labute approximate surface area is 171 Å². The van der Waals surface area contributed by atoms with Gasteiger partial charge in [-0.3, -0.25) is 4.79 Å². The molecule has 1 fully saturated rings. The summed E-state index contributed by atoms with van der Waals surface area (Å²) in [5.74, 6) is -0.0138. The van der Waals surface area contributed by atoms with Gasteiger partial charge in [-0.1, -0.05) is 23.5 Å². The molecule has 0 atom stereocenters. The molecule has 1 saturated heterocycles. The van der Waals surface area contributed by atoms with Gasteiger partial charge in [0.25, 0.3) is 0 Å². The molecule has 1 aliphatic heterocycles. The topological polar surface area (TPSA) is 72.3 Å². The highest BCUT2D eigenvalue weighted by atomic mass is 32.1. The number of rotatable bonds is 5. The number of anilines is 2. The number of para-hydroxylation sites is 2.